The van der Waals surface area contributed by atoms with Gasteiger partial charge in [0, 0.05) is 11.1 Å². The van der Waals surface area contributed by atoms with Gasteiger partial charge in [-0.1, -0.05) is 11.6 Å². The van der Waals surface area contributed by atoms with Gasteiger partial charge in [0.1, 0.15) is 5.75 Å². The summed E-state index contributed by atoms with van der Waals surface area (Å²) < 4.78 is 11.3. The van der Waals surface area contributed by atoms with Crippen molar-refractivity contribution < 1.29 is 9.47 Å². The van der Waals surface area contributed by atoms with Crippen molar-refractivity contribution in [3.63, 3.8) is 0 Å². The molecule has 20 heavy (non-hydrogen) atoms. The molecule has 0 radical (unpaired) electrons. The first kappa shape index (κ1) is 13.1. The number of benzene rings is 1. The number of nitrogen functional groups attached to an aromatic ring is 1. The Morgan fingerprint density at radius 3 is 2.60 bits per heavy atom. The van der Waals surface area contributed by atoms with Gasteiger partial charge in [0.2, 0.25) is 11.8 Å². The van der Waals surface area contributed by atoms with Gasteiger partial charge in [-0.3, -0.25) is 0 Å². The second kappa shape index (κ2) is 5.59. The molecule has 1 aromatic heterocycles. The molecule has 4 nitrogen and oxygen atoms in total. The Bertz CT molecular complexity index is 597. The van der Waals surface area contributed by atoms with Gasteiger partial charge in [-0.05, 0) is 49.1 Å². The van der Waals surface area contributed by atoms with Gasteiger partial charge < -0.3 is 15.2 Å². The standard InChI is InChI=1S/C15H15ClN2O2/c16-11-3-5-12(6-4-11)20-14-8-7-13(17)15(18-14)19-9-10-1-2-10/h3-8,10H,1-2,9,17H2. The Kier molecular flexibility index (Phi) is 3.65. The highest BCUT2D eigenvalue weighted by Gasteiger charge is 2.22. The van der Waals surface area contributed by atoms with Crippen molar-refractivity contribution in [2.24, 2.45) is 5.92 Å². The number of hydrogen-bond donors (Lipinski definition) is 1. The minimum absolute atomic E-state index is 0.434. The molecule has 104 valence electrons. The summed E-state index contributed by atoms with van der Waals surface area (Å²) in [5.74, 6) is 2.20. The lowest BCUT2D eigenvalue weighted by atomic mass is 10.3. The molecule has 2 aromatic rings. The van der Waals surface area contributed by atoms with Crippen LogP contribution in [0.3, 0.4) is 0 Å². The van der Waals surface area contributed by atoms with Crippen molar-refractivity contribution in [1.29, 1.82) is 0 Å². The van der Waals surface area contributed by atoms with Crippen LogP contribution >= 0.6 is 11.6 Å². The van der Waals surface area contributed by atoms with Gasteiger partial charge in [-0.2, -0.15) is 4.98 Å². The molecule has 5 heteroatoms. The van der Waals surface area contributed by atoms with Gasteiger partial charge in [0.25, 0.3) is 0 Å². The summed E-state index contributed by atoms with van der Waals surface area (Å²) >= 11 is 5.83. The Balaban J connectivity index is 1.71. The maximum absolute atomic E-state index is 5.85. The van der Waals surface area contributed by atoms with E-state index in [1.165, 1.54) is 12.8 Å². The number of pyridine rings is 1. The molecule has 0 bridgehead atoms. The second-order valence-corrected chi connectivity index (χ2v) is 5.29. The van der Waals surface area contributed by atoms with Gasteiger partial charge in [-0.15, -0.1) is 0 Å². The monoisotopic (exact) mass is 290 g/mol. The van der Waals surface area contributed by atoms with E-state index < -0.39 is 0 Å². The first-order chi connectivity index (χ1) is 9.70. The fourth-order valence-corrected chi connectivity index (χ4v) is 1.84. The average molecular weight is 291 g/mol. The van der Waals surface area contributed by atoms with Crippen LogP contribution in [0.5, 0.6) is 17.5 Å². The zero-order chi connectivity index (χ0) is 13.9. The van der Waals surface area contributed by atoms with Crippen LogP contribution < -0.4 is 15.2 Å². The molecule has 0 unspecified atom stereocenters. The first-order valence-electron chi connectivity index (χ1n) is 6.53. The Hall–Kier alpha value is -1.94. The molecule has 0 spiro atoms. The van der Waals surface area contributed by atoms with Crippen molar-refractivity contribution in [3.05, 3.63) is 41.4 Å². The molecular weight excluding hydrogens is 276 g/mol. The van der Waals surface area contributed by atoms with E-state index in [1.807, 2.05) is 0 Å². The number of ether oxygens (including phenoxy) is 2. The molecular formula is C15H15ClN2O2. The number of hydrogen-bond acceptors (Lipinski definition) is 4. The Labute approximate surface area is 122 Å². The highest BCUT2D eigenvalue weighted by Crippen LogP contribution is 2.31. The molecule has 0 atom stereocenters. The first-order valence-corrected chi connectivity index (χ1v) is 6.91. The van der Waals surface area contributed by atoms with E-state index in [4.69, 9.17) is 26.8 Å². The largest absolute Gasteiger partial charge is 0.476 e. The third kappa shape index (κ3) is 3.33. The summed E-state index contributed by atoms with van der Waals surface area (Å²) in [6.45, 7) is 0.668. The maximum Gasteiger partial charge on any atom is 0.240 e. The van der Waals surface area contributed by atoms with Crippen LogP contribution in [-0.4, -0.2) is 11.6 Å². The average Bonchev–Trinajstić information content (AvgIpc) is 3.26. The van der Waals surface area contributed by atoms with E-state index in [0.29, 0.717) is 40.7 Å². The number of anilines is 1. The molecule has 0 amide bonds. The van der Waals surface area contributed by atoms with E-state index in [0.717, 1.165) is 0 Å². The van der Waals surface area contributed by atoms with Crippen LogP contribution in [0.25, 0.3) is 0 Å². The van der Waals surface area contributed by atoms with Gasteiger partial charge in [-0.25, -0.2) is 0 Å². The highest BCUT2D eigenvalue weighted by atomic mass is 35.5. The van der Waals surface area contributed by atoms with Crippen molar-refractivity contribution in [2.75, 3.05) is 12.3 Å². The van der Waals surface area contributed by atoms with Crippen LogP contribution in [0.15, 0.2) is 36.4 Å². The number of nitrogens with two attached hydrogens (primary N) is 1. The lowest BCUT2D eigenvalue weighted by Crippen LogP contribution is -2.04. The Morgan fingerprint density at radius 2 is 1.90 bits per heavy atom. The summed E-state index contributed by atoms with van der Waals surface area (Å²) in [5, 5.41) is 0.663. The van der Waals surface area contributed by atoms with Crippen molar-refractivity contribution in [3.8, 4) is 17.5 Å². The zero-order valence-electron chi connectivity index (χ0n) is 10.9. The van der Waals surface area contributed by atoms with Crippen molar-refractivity contribution in [1.82, 2.24) is 4.98 Å². The normalized spacial score (nSPS) is 14.1. The van der Waals surface area contributed by atoms with E-state index >= 15 is 0 Å². The summed E-state index contributed by atoms with van der Waals surface area (Å²) in [6, 6.07) is 10.5. The van der Waals surface area contributed by atoms with E-state index in [-0.39, 0.29) is 0 Å². The van der Waals surface area contributed by atoms with Crippen molar-refractivity contribution >= 4 is 17.3 Å². The topological polar surface area (TPSA) is 57.4 Å². The summed E-state index contributed by atoms with van der Waals surface area (Å²) in [4.78, 5) is 4.29. The molecule has 0 aliphatic heterocycles. The van der Waals surface area contributed by atoms with Crippen LogP contribution in [0.2, 0.25) is 5.02 Å². The number of nitrogens with zero attached hydrogens (tertiary/aromatic N) is 1. The smallest absolute Gasteiger partial charge is 0.240 e. The summed E-state index contributed by atoms with van der Waals surface area (Å²) in [5.41, 5.74) is 6.37. The number of rotatable bonds is 5. The molecule has 2 N–H and O–H groups in total. The molecule has 1 aliphatic carbocycles. The van der Waals surface area contributed by atoms with Gasteiger partial charge in [0.05, 0.1) is 12.3 Å². The predicted molar refractivity (Wildman–Crippen MR) is 78.4 cm³/mol. The van der Waals surface area contributed by atoms with Crippen LogP contribution in [0.1, 0.15) is 12.8 Å². The minimum atomic E-state index is 0.434. The predicted octanol–water partition coefficient (Wildman–Crippen LogP) is 3.90. The molecule has 1 fully saturated rings. The number of halogens is 1. The number of aromatic nitrogens is 1. The third-order valence-corrected chi connectivity index (χ3v) is 3.30. The third-order valence-electron chi connectivity index (χ3n) is 3.05. The Morgan fingerprint density at radius 1 is 1.15 bits per heavy atom. The molecule has 1 saturated carbocycles. The summed E-state index contributed by atoms with van der Waals surface area (Å²) in [7, 11) is 0. The second-order valence-electron chi connectivity index (χ2n) is 4.85. The molecule has 1 aliphatic rings. The zero-order valence-corrected chi connectivity index (χ0v) is 11.6. The molecule has 0 saturated heterocycles. The van der Waals surface area contributed by atoms with E-state index in [9.17, 15) is 0 Å². The van der Waals surface area contributed by atoms with Crippen LogP contribution in [0.4, 0.5) is 5.69 Å². The van der Waals surface area contributed by atoms with E-state index in [1.54, 1.807) is 36.4 Å². The summed E-state index contributed by atoms with van der Waals surface area (Å²) in [6.07, 6.45) is 2.45. The molecule has 1 heterocycles. The fraction of sp³-hybridized carbons (Fsp3) is 0.267. The van der Waals surface area contributed by atoms with Gasteiger partial charge >= 0.3 is 0 Å². The lowest BCUT2D eigenvalue weighted by molar-refractivity contribution is 0.286. The quantitative estimate of drug-likeness (QED) is 0.907. The van der Waals surface area contributed by atoms with Crippen LogP contribution in [-0.2, 0) is 0 Å². The van der Waals surface area contributed by atoms with Crippen LogP contribution in [0, 0.1) is 5.92 Å². The minimum Gasteiger partial charge on any atom is -0.476 e. The van der Waals surface area contributed by atoms with E-state index in [2.05, 4.69) is 4.98 Å². The van der Waals surface area contributed by atoms with Gasteiger partial charge in [0.15, 0.2) is 0 Å². The molecule has 3 rings (SSSR count). The maximum atomic E-state index is 5.85. The fourth-order valence-electron chi connectivity index (χ4n) is 1.71. The lowest BCUT2D eigenvalue weighted by Gasteiger charge is -2.10. The SMILES string of the molecule is Nc1ccc(Oc2ccc(Cl)cc2)nc1OCC1CC1. The molecule has 1 aromatic carbocycles. The van der Waals surface area contributed by atoms with Crippen molar-refractivity contribution in [2.45, 2.75) is 12.8 Å². The highest BCUT2D eigenvalue weighted by molar-refractivity contribution is 6.30.